The van der Waals surface area contributed by atoms with Gasteiger partial charge in [0.25, 0.3) is 17.7 Å². The molecule has 1 amide bonds. The number of carbonyl (C=O) groups is 1. The Kier molecular flexibility index (Phi) is 4.55. The van der Waals surface area contributed by atoms with Gasteiger partial charge in [-0.3, -0.25) is 14.4 Å². The van der Waals surface area contributed by atoms with E-state index in [1.165, 1.54) is 7.05 Å². The van der Waals surface area contributed by atoms with Gasteiger partial charge in [-0.2, -0.15) is 10.1 Å². The average molecular weight is 354 g/mol. The third-order valence-electron chi connectivity index (χ3n) is 4.09. The molecule has 0 radical (unpaired) electrons. The van der Waals surface area contributed by atoms with Crippen LogP contribution >= 0.6 is 0 Å². The fraction of sp³-hybridized carbons (Fsp3) is 0.600. The molecular weight excluding hydrogens is 334 g/mol. The van der Waals surface area contributed by atoms with Crippen molar-refractivity contribution < 1.29 is 18.1 Å². The fourth-order valence-corrected chi connectivity index (χ4v) is 2.84. The van der Waals surface area contributed by atoms with Crippen LogP contribution in [0.25, 0.3) is 0 Å². The summed E-state index contributed by atoms with van der Waals surface area (Å²) >= 11 is 0. The van der Waals surface area contributed by atoms with E-state index in [1.54, 1.807) is 15.8 Å². The van der Waals surface area contributed by atoms with Gasteiger partial charge in [-0.05, 0) is 13.8 Å². The lowest BCUT2D eigenvalue weighted by atomic mass is 10.2. The Bertz CT molecular complexity index is 757. The van der Waals surface area contributed by atoms with Crippen molar-refractivity contribution in [3.63, 3.8) is 0 Å². The highest BCUT2D eigenvalue weighted by Gasteiger charge is 2.48. The van der Waals surface area contributed by atoms with Crippen molar-refractivity contribution in [1.82, 2.24) is 30.1 Å². The fourth-order valence-electron chi connectivity index (χ4n) is 2.84. The summed E-state index contributed by atoms with van der Waals surface area (Å²) in [5, 5.41) is 10.2. The summed E-state index contributed by atoms with van der Waals surface area (Å²) in [4.78, 5) is 17.1. The molecule has 1 atom stereocenters. The van der Waals surface area contributed by atoms with Crippen LogP contribution in [0, 0.1) is 0 Å². The molecule has 25 heavy (non-hydrogen) atoms. The molecule has 3 rings (SSSR count). The highest BCUT2D eigenvalue weighted by atomic mass is 19.3. The van der Waals surface area contributed by atoms with Gasteiger partial charge in [0.15, 0.2) is 0 Å². The van der Waals surface area contributed by atoms with Crippen LogP contribution in [0.1, 0.15) is 54.4 Å². The lowest BCUT2D eigenvalue weighted by molar-refractivity contribution is 0.0112. The van der Waals surface area contributed by atoms with Crippen LogP contribution in [-0.4, -0.2) is 50.2 Å². The summed E-state index contributed by atoms with van der Waals surface area (Å²) < 4.78 is 34.8. The van der Waals surface area contributed by atoms with E-state index in [-0.39, 0.29) is 24.3 Å². The van der Waals surface area contributed by atoms with Crippen molar-refractivity contribution in [2.75, 3.05) is 13.6 Å². The quantitative estimate of drug-likeness (QED) is 0.881. The molecule has 2 aromatic heterocycles. The molecule has 1 aliphatic heterocycles. The maximum atomic E-state index is 14.0. The first-order valence-electron chi connectivity index (χ1n) is 7.99. The number of rotatable bonds is 5. The number of likely N-dealkylation sites (tertiary alicyclic amines) is 1. The van der Waals surface area contributed by atoms with E-state index in [0.29, 0.717) is 0 Å². The molecule has 3 heterocycles. The summed E-state index contributed by atoms with van der Waals surface area (Å²) in [7, 11) is 1.43. The van der Waals surface area contributed by atoms with Gasteiger partial charge in [0, 0.05) is 37.8 Å². The first-order chi connectivity index (χ1) is 11.8. The number of hydrogen-bond acceptors (Lipinski definition) is 6. The van der Waals surface area contributed by atoms with Crippen LogP contribution in [0.15, 0.2) is 16.9 Å². The molecule has 0 aliphatic carbocycles. The van der Waals surface area contributed by atoms with Gasteiger partial charge in [0.05, 0.1) is 18.8 Å². The van der Waals surface area contributed by atoms with Gasteiger partial charge in [0.2, 0.25) is 5.89 Å². The molecule has 0 spiro atoms. The number of nitrogens with one attached hydrogen (secondary N) is 1. The first kappa shape index (κ1) is 17.5. The third kappa shape index (κ3) is 3.68. The van der Waals surface area contributed by atoms with Gasteiger partial charge in [0.1, 0.15) is 0 Å². The van der Waals surface area contributed by atoms with Crippen molar-refractivity contribution in [1.29, 1.82) is 0 Å². The summed E-state index contributed by atoms with van der Waals surface area (Å²) in [6.07, 6.45) is 3.07. The minimum absolute atomic E-state index is 0.0204. The molecule has 0 aromatic carbocycles. The van der Waals surface area contributed by atoms with E-state index in [1.807, 2.05) is 20.0 Å². The van der Waals surface area contributed by atoms with Gasteiger partial charge in [-0.1, -0.05) is 5.16 Å². The van der Waals surface area contributed by atoms with Crippen LogP contribution in [-0.2, 0) is 6.54 Å². The standard InChI is InChI=1S/C15H20F2N6O2/c1-9(2)23-7-10(5-19-23)6-22-8-15(16,17)4-11(22)14-20-12(21-25-14)13(24)18-3/h5,7,9,11H,4,6,8H2,1-3H3,(H,18,24)/t11-/m0/s1. The van der Waals surface area contributed by atoms with Gasteiger partial charge in [-0.25, -0.2) is 8.78 Å². The molecule has 0 saturated carbocycles. The van der Waals surface area contributed by atoms with Crippen molar-refractivity contribution in [2.24, 2.45) is 0 Å². The molecule has 8 nitrogen and oxygen atoms in total. The second-order valence-electron chi connectivity index (χ2n) is 6.44. The molecule has 0 unspecified atom stereocenters. The number of hydrogen-bond donors (Lipinski definition) is 1. The van der Waals surface area contributed by atoms with Crippen LogP contribution < -0.4 is 5.32 Å². The van der Waals surface area contributed by atoms with Crippen molar-refractivity contribution in [3.8, 4) is 0 Å². The highest BCUT2D eigenvalue weighted by Crippen LogP contribution is 2.41. The number of halogens is 2. The Morgan fingerprint density at radius 1 is 1.52 bits per heavy atom. The predicted octanol–water partition coefficient (Wildman–Crippen LogP) is 1.79. The molecule has 1 aliphatic rings. The second-order valence-corrected chi connectivity index (χ2v) is 6.44. The zero-order chi connectivity index (χ0) is 18.2. The molecule has 1 saturated heterocycles. The van der Waals surface area contributed by atoms with Crippen molar-refractivity contribution in [2.45, 2.75) is 44.8 Å². The summed E-state index contributed by atoms with van der Waals surface area (Å²) in [5.41, 5.74) is 0.822. The maximum absolute atomic E-state index is 14.0. The smallest absolute Gasteiger partial charge is 0.292 e. The maximum Gasteiger partial charge on any atom is 0.292 e. The van der Waals surface area contributed by atoms with E-state index in [2.05, 4.69) is 20.6 Å². The van der Waals surface area contributed by atoms with Crippen molar-refractivity contribution in [3.05, 3.63) is 29.7 Å². The highest BCUT2D eigenvalue weighted by molar-refractivity contribution is 5.89. The Morgan fingerprint density at radius 3 is 2.92 bits per heavy atom. The monoisotopic (exact) mass is 354 g/mol. The summed E-state index contributed by atoms with van der Waals surface area (Å²) in [5.74, 6) is -3.53. The molecule has 10 heteroatoms. The lowest BCUT2D eigenvalue weighted by Crippen LogP contribution is -2.26. The Morgan fingerprint density at radius 2 is 2.28 bits per heavy atom. The van der Waals surface area contributed by atoms with E-state index in [0.717, 1.165) is 5.56 Å². The van der Waals surface area contributed by atoms with E-state index < -0.39 is 30.8 Å². The molecule has 0 bridgehead atoms. The zero-order valence-corrected chi connectivity index (χ0v) is 14.2. The number of amides is 1. The largest absolute Gasteiger partial charge is 0.352 e. The summed E-state index contributed by atoms with van der Waals surface area (Å²) in [6, 6.07) is -0.557. The Balaban J connectivity index is 1.80. The topological polar surface area (TPSA) is 89.1 Å². The third-order valence-corrected chi connectivity index (χ3v) is 4.09. The first-order valence-corrected chi connectivity index (χ1v) is 7.99. The normalized spacial score (nSPS) is 20.3. The van der Waals surface area contributed by atoms with E-state index in [4.69, 9.17) is 4.52 Å². The Hall–Kier alpha value is -2.36. The van der Waals surface area contributed by atoms with Crippen LogP contribution in [0.5, 0.6) is 0 Å². The van der Waals surface area contributed by atoms with Gasteiger partial charge >= 0.3 is 0 Å². The van der Waals surface area contributed by atoms with E-state index in [9.17, 15) is 13.6 Å². The van der Waals surface area contributed by atoms with Crippen LogP contribution in [0.4, 0.5) is 8.78 Å². The Labute approximate surface area is 143 Å². The predicted molar refractivity (Wildman–Crippen MR) is 83.0 cm³/mol. The average Bonchev–Trinajstić information content (AvgIpc) is 3.25. The minimum Gasteiger partial charge on any atom is -0.352 e. The summed E-state index contributed by atoms with van der Waals surface area (Å²) in [6.45, 7) is 3.84. The molecule has 1 fully saturated rings. The van der Waals surface area contributed by atoms with Crippen LogP contribution in [0.3, 0.4) is 0 Å². The minimum atomic E-state index is -2.86. The zero-order valence-electron chi connectivity index (χ0n) is 14.2. The number of alkyl halides is 2. The van der Waals surface area contributed by atoms with E-state index >= 15 is 0 Å². The molecule has 136 valence electrons. The van der Waals surface area contributed by atoms with Gasteiger partial charge in [-0.15, -0.1) is 0 Å². The number of nitrogens with zero attached hydrogens (tertiary/aromatic N) is 5. The van der Waals surface area contributed by atoms with Crippen LogP contribution in [0.2, 0.25) is 0 Å². The van der Waals surface area contributed by atoms with Gasteiger partial charge < -0.3 is 9.84 Å². The number of carbonyl (C=O) groups excluding carboxylic acids is 1. The lowest BCUT2D eigenvalue weighted by Gasteiger charge is -2.19. The molecular formula is C15H20F2N6O2. The second kappa shape index (κ2) is 6.51. The number of aromatic nitrogens is 4. The molecule has 1 N–H and O–H groups in total. The molecule has 2 aromatic rings. The van der Waals surface area contributed by atoms with Crippen molar-refractivity contribution >= 4 is 5.91 Å². The SMILES string of the molecule is CNC(=O)c1noc([C@@H]2CC(F)(F)CN2Cc2cnn(C(C)C)c2)n1.